The van der Waals surface area contributed by atoms with E-state index in [-0.39, 0.29) is 5.91 Å². The number of likely N-dealkylation sites (N-methyl/N-ethyl adjacent to an activating group) is 1. The summed E-state index contributed by atoms with van der Waals surface area (Å²) in [5, 5.41) is 0.676. The summed E-state index contributed by atoms with van der Waals surface area (Å²) >= 11 is 6.03. The van der Waals surface area contributed by atoms with Crippen molar-refractivity contribution in [3.05, 3.63) is 71.3 Å². The normalized spacial score (nSPS) is 14.3. The summed E-state index contributed by atoms with van der Waals surface area (Å²) in [6.07, 6.45) is 7.00. The van der Waals surface area contributed by atoms with Gasteiger partial charge in [0.05, 0.1) is 17.7 Å². The smallest absolute Gasteiger partial charge is 0.233 e. The summed E-state index contributed by atoms with van der Waals surface area (Å²) in [6.45, 7) is 0.398. The predicted molar refractivity (Wildman–Crippen MR) is 118 cm³/mol. The van der Waals surface area contributed by atoms with Gasteiger partial charge in [0, 0.05) is 50.3 Å². The minimum Gasteiger partial charge on any atom is -0.347 e. The zero-order valence-corrected chi connectivity index (χ0v) is 18.1. The molecule has 1 saturated carbocycles. The molecule has 6 nitrogen and oxygen atoms in total. The van der Waals surface area contributed by atoms with Crippen LogP contribution in [0.3, 0.4) is 0 Å². The molecule has 0 unspecified atom stereocenters. The molecule has 2 aromatic heterocycles. The average Bonchev–Trinajstić information content (AvgIpc) is 3.56. The molecule has 1 aromatic carbocycles. The molecule has 0 saturated heterocycles. The third kappa shape index (κ3) is 3.87. The number of carbonyl (C=O) groups excluding carboxylic acids is 1. The molecule has 0 N–H and O–H groups in total. The highest BCUT2D eigenvalue weighted by Gasteiger charge is 2.52. The van der Waals surface area contributed by atoms with Crippen molar-refractivity contribution in [2.75, 3.05) is 26.0 Å². The Morgan fingerprint density at radius 1 is 1.07 bits per heavy atom. The molecule has 0 spiro atoms. The lowest BCUT2D eigenvalue weighted by atomic mass is 9.94. The lowest BCUT2D eigenvalue weighted by molar-refractivity contribution is -0.133. The van der Waals surface area contributed by atoms with E-state index in [1.807, 2.05) is 68.6 Å². The summed E-state index contributed by atoms with van der Waals surface area (Å²) in [5.74, 6) is 0.720. The van der Waals surface area contributed by atoms with Gasteiger partial charge in [0.15, 0.2) is 0 Å². The maximum atomic E-state index is 13.4. The zero-order chi connectivity index (χ0) is 21.3. The van der Waals surface area contributed by atoms with Crippen LogP contribution in [-0.4, -0.2) is 46.9 Å². The third-order valence-electron chi connectivity index (χ3n) is 5.54. The summed E-state index contributed by atoms with van der Waals surface area (Å²) < 4.78 is 0. The molecule has 0 radical (unpaired) electrons. The van der Waals surface area contributed by atoms with Crippen molar-refractivity contribution >= 4 is 23.5 Å². The average molecular weight is 422 g/mol. The SMILES string of the molecule is CN(Cc1nc(N(C)C)ncc1-c1ccncc1)C(=O)C1(c2ccc(Cl)cc2)CC1. The third-order valence-corrected chi connectivity index (χ3v) is 5.79. The first-order valence-electron chi connectivity index (χ1n) is 9.86. The van der Waals surface area contributed by atoms with Gasteiger partial charge in [0.2, 0.25) is 11.9 Å². The van der Waals surface area contributed by atoms with Gasteiger partial charge in [0.1, 0.15) is 0 Å². The van der Waals surface area contributed by atoms with Gasteiger partial charge in [-0.1, -0.05) is 23.7 Å². The van der Waals surface area contributed by atoms with Crippen LogP contribution in [0.1, 0.15) is 24.1 Å². The van der Waals surface area contributed by atoms with Crippen molar-refractivity contribution in [2.24, 2.45) is 0 Å². The maximum Gasteiger partial charge on any atom is 0.233 e. The number of anilines is 1. The lowest BCUT2D eigenvalue weighted by Crippen LogP contribution is -2.36. The highest BCUT2D eigenvalue weighted by molar-refractivity contribution is 6.30. The molecule has 4 rings (SSSR count). The Balaban J connectivity index is 1.63. The van der Waals surface area contributed by atoms with Crippen molar-refractivity contribution < 1.29 is 4.79 Å². The first-order valence-corrected chi connectivity index (χ1v) is 10.2. The second-order valence-electron chi connectivity index (χ2n) is 7.91. The molecule has 0 bridgehead atoms. The number of benzene rings is 1. The monoisotopic (exact) mass is 421 g/mol. The number of carbonyl (C=O) groups is 1. The predicted octanol–water partition coefficient (Wildman–Crippen LogP) is 3.95. The fourth-order valence-electron chi connectivity index (χ4n) is 3.70. The molecule has 1 aliphatic carbocycles. The van der Waals surface area contributed by atoms with Gasteiger partial charge < -0.3 is 9.80 Å². The molecule has 7 heteroatoms. The molecule has 30 heavy (non-hydrogen) atoms. The van der Waals surface area contributed by atoms with Crippen LogP contribution in [0.25, 0.3) is 11.1 Å². The fraction of sp³-hybridized carbons (Fsp3) is 0.304. The number of rotatable bonds is 6. The van der Waals surface area contributed by atoms with Crippen molar-refractivity contribution in [2.45, 2.75) is 24.8 Å². The molecule has 0 aliphatic heterocycles. The molecule has 1 amide bonds. The van der Waals surface area contributed by atoms with E-state index in [4.69, 9.17) is 16.6 Å². The van der Waals surface area contributed by atoms with E-state index >= 15 is 0 Å². The molecule has 3 aromatic rings. The minimum atomic E-state index is -0.451. The van der Waals surface area contributed by atoms with Crippen molar-refractivity contribution in [3.63, 3.8) is 0 Å². The Bertz CT molecular complexity index is 1050. The van der Waals surface area contributed by atoms with E-state index in [0.29, 0.717) is 17.5 Å². The quantitative estimate of drug-likeness (QED) is 0.603. The van der Waals surface area contributed by atoms with Gasteiger partial charge in [-0.25, -0.2) is 9.97 Å². The van der Waals surface area contributed by atoms with Gasteiger partial charge >= 0.3 is 0 Å². The van der Waals surface area contributed by atoms with E-state index in [9.17, 15) is 4.79 Å². The van der Waals surface area contributed by atoms with Gasteiger partial charge in [0.25, 0.3) is 0 Å². The molecule has 1 fully saturated rings. The van der Waals surface area contributed by atoms with E-state index in [1.54, 1.807) is 17.3 Å². The highest BCUT2D eigenvalue weighted by atomic mass is 35.5. The standard InChI is InChI=1S/C23H24ClN5O/c1-28(2)22-26-14-19(16-8-12-25-13-9-16)20(27-22)15-29(3)21(30)23(10-11-23)17-4-6-18(24)7-5-17/h4-9,12-14H,10-11,15H2,1-3H3. The zero-order valence-electron chi connectivity index (χ0n) is 17.3. The van der Waals surface area contributed by atoms with E-state index in [1.165, 1.54) is 0 Å². The van der Waals surface area contributed by atoms with Crippen LogP contribution < -0.4 is 4.90 Å². The van der Waals surface area contributed by atoms with Crippen molar-refractivity contribution in [3.8, 4) is 11.1 Å². The number of aromatic nitrogens is 3. The largest absolute Gasteiger partial charge is 0.347 e. The summed E-state index contributed by atoms with van der Waals surface area (Å²) in [7, 11) is 5.64. The van der Waals surface area contributed by atoms with Crippen LogP contribution in [0.4, 0.5) is 5.95 Å². The number of amides is 1. The second kappa shape index (κ2) is 8.03. The van der Waals surface area contributed by atoms with Crippen LogP contribution in [0, 0.1) is 0 Å². The van der Waals surface area contributed by atoms with E-state index in [0.717, 1.165) is 35.2 Å². The number of pyridine rings is 1. The molecule has 154 valence electrons. The number of halogens is 1. The summed E-state index contributed by atoms with van der Waals surface area (Å²) in [6, 6.07) is 11.5. The number of hydrogen-bond donors (Lipinski definition) is 0. The van der Waals surface area contributed by atoms with E-state index < -0.39 is 5.41 Å². The molecule has 0 atom stereocenters. The Labute approximate surface area is 181 Å². The Kier molecular flexibility index (Phi) is 5.43. The van der Waals surface area contributed by atoms with Gasteiger partial charge in [-0.05, 0) is 48.2 Å². The minimum absolute atomic E-state index is 0.107. The fourth-order valence-corrected chi connectivity index (χ4v) is 3.82. The Morgan fingerprint density at radius 3 is 2.33 bits per heavy atom. The second-order valence-corrected chi connectivity index (χ2v) is 8.35. The van der Waals surface area contributed by atoms with Gasteiger partial charge in [-0.2, -0.15) is 0 Å². The topological polar surface area (TPSA) is 62.2 Å². The van der Waals surface area contributed by atoms with Crippen LogP contribution in [0.15, 0.2) is 55.0 Å². The Hall–Kier alpha value is -2.99. The molecular formula is C23H24ClN5O. The van der Waals surface area contributed by atoms with E-state index in [2.05, 4.69) is 9.97 Å². The summed E-state index contributed by atoms with van der Waals surface area (Å²) in [5.41, 5.74) is 3.26. The maximum absolute atomic E-state index is 13.4. The van der Waals surface area contributed by atoms with Crippen LogP contribution in [-0.2, 0) is 16.8 Å². The van der Waals surface area contributed by atoms with Crippen LogP contribution in [0.5, 0.6) is 0 Å². The lowest BCUT2D eigenvalue weighted by Gasteiger charge is -2.25. The first kappa shape index (κ1) is 20.3. The summed E-state index contributed by atoms with van der Waals surface area (Å²) in [4.78, 5) is 30.3. The Morgan fingerprint density at radius 2 is 1.73 bits per heavy atom. The van der Waals surface area contributed by atoms with Crippen molar-refractivity contribution in [1.29, 1.82) is 0 Å². The first-order chi connectivity index (χ1) is 14.4. The van der Waals surface area contributed by atoms with Gasteiger partial charge in [-0.15, -0.1) is 0 Å². The molecule has 1 aliphatic rings. The van der Waals surface area contributed by atoms with Crippen LogP contribution in [0.2, 0.25) is 5.02 Å². The van der Waals surface area contributed by atoms with Crippen LogP contribution >= 0.6 is 11.6 Å². The molecule has 2 heterocycles. The van der Waals surface area contributed by atoms with Crippen molar-refractivity contribution in [1.82, 2.24) is 19.9 Å². The number of hydrogen-bond acceptors (Lipinski definition) is 5. The highest BCUT2D eigenvalue weighted by Crippen LogP contribution is 2.49. The van der Waals surface area contributed by atoms with Gasteiger partial charge in [-0.3, -0.25) is 9.78 Å². The molecular weight excluding hydrogens is 398 g/mol. The number of nitrogens with zero attached hydrogens (tertiary/aromatic N) is 5.